The number of hydrogen-bond donors (Lipinski definition) is 3. The number of aromatic nitrogens is 1. The molecule has 0 saturated heterocycles. The molecule has 6 heteroatoms. The summed E-state index contributed by atoms with van der Waals surface area (Å²) in [5.41, 5.74) is 9.86. The van der Waals surface area contributed by atoms with Gasteiger partial charge in [0.05, 0.1) is 12.0 Å². The van der Waals surface area contributed by atoms with Crippen LogP contribution < -0.4 is 16.4 Å². The van der Waals surface area contributed by atoms with E-state index in [-0.39, 0.29) is 0 Å². The van der Waals surface area contributed by atoms with Crippen LogP contribution in [-0.2, 0) is 5.66 Å². The fourth-order valence-electron chi connectivity index (χ4n) is 3.43. The zero-order valence-electron chi connectivity index (χ0n) is 14.1. The van der Waals surface area contributed by atoms with E-state index in [2.05, 4.69) is 27.8 Å². The minimum atomic E-state index is -0.797. The number of anilines is 2. The summed E-state index contributed by atoms with van der Waals surface area (Å²) in [5.74, 6) is 1.69. The van der Waals surface area contributed by atoms with Gasteiger partial charge in [-0.15, -0.1) is 0 Å². The molecule has 3 heterocycles. The van der Waals surface area contributed by atoms with Crippen molar-refractivity contribution in [2.75, 3.05) is 10.6 Å². The Morgan fingerprint density at radius 1 is 1.12 bits per heavy atom. The van der Waals surface area contributed by atoms with E-state index < -0.39 is 5.66 Å². The highest BCUT2D eigenvalue weighted by Gasteiger charge is 2.49. The molecule has 6 nitrogen and oxygen atoms in total. The molecule has 0 spiro atoms. The first-order valence-electron chi connectivity index (χ1n) is 8.73. The van der Waals surface area contributed by atoms with Crippen LogP contribution in [0.15, 0.2) is 70.5 Å². The van der Waals surface area contributed by atoms with Crippen LogP contribution in [0.25, 0.3) is 11.1 Å². The van der Waals surface area contributed by atoms with E-state index in [0.717, 1.165) is 41.1 Å². The monoisotopic (exact) mass is 345 g/mol. The Kier molecular flexibility index (Phi) is 3.33. The lowest BCUT2D eigenvalue weighted by Gasteiger charge is -2.30. The van der Waals surface area contributed by atoms with Crippen molar-refractivity contribution in [3.63, 3.8) is 0 Å². The van der Waals surface area contributed by atoms with Crippen LogP contribution in [0.1, 0.15) is 18.6 Å². The van der Waals surface area contributed by atoms with Crippen molar-refractivity contribution in [1.82, 2.24) is 4.98 Å². The van der Waals surface area contributed by atoms with Crippen molar-refractivity contribution >= 4 is 17.3 Å². The summed E-state index contributed by atoms with van der Waals surface area (Å²) in [6, 6.07) is 14.1. The first-order valence-corrected chi connectivity index (χ1v) is 8.73. The van der Waals surface area contributed by atoms with Crippen LogP contribution in [-0.4, -0.2) is 10.9 Å². The van der Waals surface area contributed by atoms with Gasteiger partial charge in [0.15, 0.2) is 11.4 Å². The number of nitrogens with zero attached hydrogens (tertiary/aromatic N) is 2. The van der Waals surface area contributed by atoms with Gasteiger partial charge in [-0.05, 0) is 48.2 Å². The second-order valence-electron chi connectivity index (χ2n) is 6.79. The summed E-state index contributed by atoms with van der Waals surface area (Å²) < 4.78 is 5.62. The lowest BCUT2D eigenvalue weighted by Crippen LogP contribution is -2.44. The molecule has 130 valence electrons. The van der Waals surface area contributed by atoms with Gasteiger partial charge in [-0.25, -0.2) is 4.99 Å². The third-order valence-electron chi connectivity index (χ3n) is 4.92. The van der Waals surface area contributed by atoms with Gasteiger partial charge >= 0.3 is 0 Å². The van der Waals surface area contributed by atoms with Crippen LogP contribution in [0.2, 0.25) is 0 Å². The number of nitrogens with two attached hydrogens (primary N) is 1. The van der Waals surface area contributed by atoms with Gasteiger partial charge in [0, 0.05) is 30.1 Å². The van der Waals surface area contributed by atoms with Crippen LogP contribution in [0.5, 0.6) is 0 Å². The lowest BCUT2D eigenvalue weighted by molar-refractivity contribution is 0.315. The molecule has 0 bridgehead atoms. The molecule has 1 saturated carbocycles. The molecule has 1 unspecified atom stereocenters. The van der Waals surface area contributed by atoms with Gasteiger partial charge in [-0.1, -0.05) is 12.1 Å². The van der Waals surface area contributed by atoms with Crippen molar-refractivity contribution in [2.24, 2.45) is 16.6 Å². The van der Waals surface area contributed by atoms with E-state index in [1.807, 2.05) is 30.3 Å². The number of benzene rings is 1. The van der Waals surface area contributed by atoms with Gasteiger partial charge in [0.1, 0.15) is 0 Å². The molecule has 5 rings (SSSR count). The average molecular weight is 345 g/mol. The van der Waals surface area contributed by atoms with E-state index in [4.69, 9.17) is 15.1 Å². The zero-order chi connectivity index (χ0) is 17.6. The average Bonchev–Trinajstić information content (AvgIpc) is 3.42. The number of aliphatic imine (C=N–C) groups is 1. The SMILES string of the molecule is NC1(C2CC2)N=C(Nc2cccc(-c3ccncc3)c2)Nc2ccoc21. The highest BCUT2D eigenvalue weighted by atomic mass is 16.3. The number of hydrogen-bond acceptors (Lipinski definition) is 6. The van der Waals surface area contributed by atoms with Gasteiger partial charge in [0.25, 0.3) is 0 Å². The fourth-order valence-corrected chi connectivity index (χ4v) is 3.43. The van der Waals surface area contributed by atoms with Crippen LogP contribution in [0, 0.1) is 5.92 Å². The Hall–Kier alpha value is -3.12. The van der Waals surface area contributed by atoms with Gasteiger partial charge < -0.3 is 20.8 Å². The van der Waals surface area contributed by atoms with Crippen LogP contribution in [0.4, 0.5) is 11.4 Å². The molecule has 1 aromatic carbocycles. The number of nitrogens with one attached hydrogen (secondary N) is 2. The minimum absolute atomic E-state index is 0.328. The molecule has 26 heavy (non-hydrogen) atoms. The molecule has 2 aliphatic rings. The van der Waals surface area contributed by atoms with Crippen molar-refractivity contribution in [3.05, 3.63) is 66.9 Å². The number of rotatable bonds is 3. The smallest absolute Gasteiger partial charge is 0.202 e. The zero-order valence-corrected chi connectivity index (χ0v) is 14.1. The molecule has 0 radical (unpaired) electrons. The van der Waals surface area contributed by atoms with E-state index in [9.17, 15) is 0 Å². The van der Waals surface area contributed by atoms with Gasteiger partial charge in [-0.3, -0.25) is 4.98 Å². The highest BCUT2D eigenvalue weighted by molar-refractivity contribution is 6.05. The van der Waals surface area contributed by atoms with Crippen LogP contribution >= 0.6 is 0 Å². The topological polar surface area (TPSA) is 88.5 Å². The molecule has 0 amide bonds. The highest BCUT2D eigenvalue weighted by Crippen LogP contribution is 2.48. The molecule has 2 aromatic heterocycles. The predicted octanol–water partition coefficient (Wildman–Crippen LogP) is 3.76. The maximum absolute atomic E-state index is 6.62. The Morgan fingerprint density at radius 3 is 2.77 bits per heavy atom. The van der Waals surface area contributed by atoms with Gasteiger partial charge in [-0.2, -0.15) is 0 Å². The molecule has 1 atom stereocenters. The summed E-state index contributed by atoms with van der Waals surface area (Å²) in [6.07, 6.45) is 7.39. The number of fused-ring (bicyclic) bond motifs is 1. The Bertz CT molecular complexity index is 977. The molecule has 4 N–H and O–H groups in total. The normalized spacial score (nSPS) is 21.5. The summed E-state index contributed by atoms with van der Waals surface area (Å²) in [7, 11) is 0. The molecule has 1 aliphatic carbocycles. The molecular formula is C20H19N5O. The second-order valence-corrected chi connectivity index (χ2v) is 6.79. The summed E-state index contributed by atoms with van der Waals surface area (Å²) in [4.78, 5) is 8.83. The number of guanidine groups is 1. The van der Waals surface area contributed by atoms with Gasteiger partial charge in [0.2, 0.25) is 5.96 Å². The molecule has 3 aromatic rings. The van der Waals surface area contributed by atoms with E-state index in [1.165, 1.54) is 0 Å². The summed E-state index contributed by atoms with van der Waals surface area (Å²) in [6.45, 7) is 0. The van der Waals surface area contributed by atoms with Crippen molar-refractivity contribution in [2.45, 2.75) is 18.5 Å². The first-order chi connectivity index (χ1) is 12.7. The molecule has 1 fully saturated rings. The maximum atomic E-state index is 6.62. The Morgan fingerprint density at radius 2 is 1.96 bits per heavy atom. The second kappa shape index (κ2) is 5.71. The van der Waals surface area contributed by atoms with E-state index >= 15 is 0 Å². The summed E-state index contributed by atoms with van der Waals surface area (Å²) in [5, 5.41) is 6.64. The van der Waals surface area contributed by atoms with E-state index in [0.29, 0.717) is 11.9 Å². The third kappa shape index (κ3) is 2.55. The van der Waals surface area contributed by atoms with Crippen LogP contribution in [0.3, 0.4) is 0 Å². The maximum Gasteiger partial charge on any atom is 0.202 e. The molecule has 1 aliphatic heterocycles. The standard InChI is InChI=1S/C20H19N5O/c21-20(15-4-5-15)18-17(8-11-26-18)24-19(25-20)23-16-3-1-2-14(12-16)13-6-9-22-10-7-13/h1-3,6-12,15H,4-5,21H2,(H2,23,24,25). The minimum Gasteiger partial charge on any atom is -0.463 e. The first kappa shape index (κ1) is 15.2. The lowest BCUT2D eigenvalue weighted by atomic mass is 10.0. The third-order valence-corrected chi connectivity index (χ3v) is 4.92. The Balaban J connectivity index is 1.46. The van der Waals surface area contributed by atoms with E-state index in [1.54, 1.807) is 18.7 Å². The fraction of sp³-hybridized carbons (Fsp3) is 0.200. The quantitative estimate of drug-likeness (QED) is 0.673. The predicted molar refractivity (Wildman–Crippen MR) is 102 cm³/mol. The Labute approximate surface area is 151 Å². The van der Waals surface area contributed by atoms with Crippen molar-refractivity contribution in [1.29, 1.82) is 0 Å². The van der Waals surface area contributed by atoms with Crippen molar-refractivity contribution < 1.29 is 4.42 Å². The number of furan rings is 1. The molecular weight excluding hydrogens is 326 g/mol. The van der Waals surface area contributed by atoms with Crippen molar-refractivity contribution in [3.8, 4) is 11.1 Å². The number of pyridine rings is 1. The largest absolute Gasteiger partial charge is 0.463 e. The summed E-state index contributed by atoms with van der Waals surface area (Å²) >= 11 is 0.